The van der Waals surface area contributed by atoms with Gasteiger partial charge in [0.2, 0.25) is 0 Å². The van der Waals surface area contributed by atoms with Gasteiger partial charge in [0.25, 0.3) is 0 Å². The molecule has 3 aromatic carbocycles. The van der Waals surface area contributed by atoms with Crippen LogP contribution in [-0.2, 0) is 0 Å². The zero-order valence-electron chi connectivity index (χ0n) is 14.3. The SMILES string of the molecule is COc1ccc(-c2cc(-c3cccc(Oc4ccccc4)c3)on2)cc1. The first-order chi connectivity index (χ1) is 12.8. The molecule has 4 nitrogen and oxygen atoms in total. The molecule has 4 rings (SSSR count). The molecular weight excluding hydrogens is 326 g/mol. The van der Waals surface area contributed by atoms with E-state index in [-0.39, 0.29) is 0 Å². The number of rotatable bonds is 5. The zero-order valence-corrected chi connectivity index (χ0v) is 14.3. The van der Waals surface area contributed by atoms with Crippen molar-refractivity contribution in [3.05, 3.63) is 84.9 Å². The van der Waals surface area contributed by atoms with Crippen LogP contribution in [0, 0.1) is 0 Å². The Balaban J connectivity index is 1.58. The van der Waals surface area contributed by atoms with E-state index in [1.54, 1.807) is 7.11 Å². The molecule has 0 unspecified atom stereocenters. The van der Waals surface area contributed by atoms with E-state index in [4.69, 9.17) is 14.0 Å². The molecular formula is C22H17NO3. The summed E-state index contributed by atoms with van der Waals surface area (Å²) >= 11 is 0. The van der Waals surface area contributed by atoms with Crippen LogP contribution in [0.3, 0.4) is 0 Å². The maximum Gasteiger partial charge on any atom is 0.167 e. The molecule has 0 aliphatic carbocycles. The molecule has 0 saturated carbocycles. The summed E-state index contributed by atoms with van der Waals surface area (Å²) in [5, 5.41) is 4.18. The van der Waals surface area contributed by atoms with Crippen LogP contribution in [0.2, 0.25) is 0 Å². The molecule has 0 saturated heterocycles. The van der Waals surface area contributed by atoms with E-state index in [0.29, 0.717) is 5.76 Å². The van der Waals surface area contributed by atoms with Crippen LogP contribution in [0.5, 0.6) is 17.2 Å². The fourth-order valence-electron chi connectivity index (χ4n) is 2.65. The number of para-hydroxylation sites is 1. The number of nitrogens with zero attached hydrogens (tertiary/aromatic N) is 1. The fourth-order valence-corrected chi connectivity index (χ4v) is 2.65. The number of hydrogen-bond acceptors (Lipinski definition) is 4. The molecule has 128 valence electrons. The molecule has 0 atom stereocenters. The number of methoxy groups -OCH3 is 1. The zero-order chi connectivity index (χ0) is 17.8. The van der Waals surface area contributed by atoms with Gasteiger partial charge < -0.3 is 14.0 Å². The smallest absolute Gasteiger partial charge is 0.167 e. The second-order valence-corrected chi connectivity index (χ2v) is 5.75. The van der Waals surface area contributed by atoms with Gasteiger partial charge in [-0.15, -0.1) is 0 Å². The molecule has 1 heterocycles. The summed E-state index contributed by atoms with van der Waals surface area (Å²) in [7, 11) is 1.65. The number of aromatic nitrogens is 1. The molecule has 0 fully saturated rings. The summed E-state index contributed by atoms with van der Waals surface area (Å²) in [6, 6.07) is 27.1. The first-order valence-electron chi connectivity index (χ1n) is 8.26. The summed E-state index contributed by atoms with van der Waals surface area (Å²) in [5.41, 5.74) is 2.65. The van der Waals surface area contributed by atoms with Gasteiger partial charge in [-0.05, 0) is 48.5 Å². The molecule has 1 aromatic heterocycles. The first-order valence-corrected chi connectivity index (χ1v) is 8.26. The van der Waals surface area contributed by atoms with E-state index >= 15 is 0 Å². The van der Waals surface area contributed by atoms with Crippen molar-refractivity contribution in [2.45, 2.75) is 0 Å². The Hall–Kier alpha value is -3.53. The molecule has 0 N–H and O–H groups in total. The van der Waals surface area contributed by atoms with Gasteiger partial charge in [-0.2, -0.15) is 0 Å². The van der Waals surface area contributed by atoms with E-state index in [0.717, 1.165) is 34.1 Å². The predicted octanol–water partition coefficient (Wildman–Crippen LogP) is 5.81. The van der Waals surface area contributed by atoms with Crippen LogP contribution in [0.15, 0.2) is 89.5 Å². The van der Waals surface area contributed by atoms with E-state index in [1.807, 2.05) is 84.9 Å². The van der Waals surface area contributed by atoms with Crippen LogP contribution in [0.25, 0.3) is 22.6 Å². The third-order valence-electron chi connectivity index (χ3n) is 3.99. The highest BCUT2D eigenvalue weighted by Crippen LogP contribution is 2.30. The standard InChI is InChI=1S/C22H17NO3/c1-24-18-12-10-16(11-13-18)21-15-22(26-23-21)17-6-5-9-20(14-17)25-19-7-3-2-4-8-19/h2-15H,1H3. The lowest BCUT2D eigenvalue weighted by Gasteiger charge is -2.06. The van der Waals surface area contributed by atoms with Gasteiger partial charge in [-0.25, -0.2) is 0 Å². The number of benzene rings is 3. The summed E-state index contributed by atoms with van der Waals surface area (Å²) in [6.07, 6.45) is 0. The van der Waals surface area contributed by atoms with Crippen LogP contribution in [0.4, 0.5) is 0 Å². The Kier molecular flexibility index (Phi) is 4.39. The minimum absolute atomic E-state index is 0.689. The minimum atomic E-state index is 0.689. The Morgan fingerprint density at radius 3 is 2.23 bits per heavy atom. The lowest BCUT2D eigenvalue weighted by molar-refractivity contribution is 0.415. The summed E-state index contributed by atoms with van der Waals surface area (Å²) in [4.78, 5) is 0. The van der Waals surface area contributed by atoms with Gasteiger partial charge in [-0.1, -0.05) is 35.5 Å². The van der Waals surface area contributed by atoms with Crippen molar-refractivity contribution in [3.8, 4) is 39.8 Å². The summed E-state index contributed by atoms with van der Waals surface area (Å²) in [6.45, 7) is 0. The quantitative estimate of drug-likeness (QED) is 0.459. The second kappa shape index (κ2) is 7.15. The van der Waals surface area contributed by atoms with Crippen molar-refractivity contribution in [2.24, 2.45) is 0 Å². The highest BCUT2D eigenvalue weighted by atomic mass is 16.5. The molecule has 0 aliphatic rings. The highest BCUT2D eigenvalue weighted by molar-refractivity contribution is 5.68. The van der Waals surface area contributed by atoms with E-state index < -0.39 is 0 Å². The highest BCUT2D eigenvalue weighted by Gasteiger charge is 2.10. The van der Waals surface area contributed by atoms with Gasteiger partial charge in [0.05, 0.1) is 7.11 Å². The van der Waals surface area contributed by atoms with Crippen LogP contribution in [-0.4, -0.2) is 12.3 Å². The van der Waals surface area contributed by atoms with Crippen molar-refractivity contribution < 1.29 is 14.0 Å². The van der Waals surface area contributed by atoms with Crippen molar-refractivity contribution in [2.75, 3.05) is 7.11 Å². The maximum atomic E-state index is 5.88. The normalized spacial score (nSPS) is 10.5. The van der Waals surface area contributed by atoms with Gasteiger partial charge in [-0.3, -0.25) is 0 Å². The third kappa shape index (κ3) is 3.44. The van der Waals surface area contributed by atoms with Crippen molar-refractivity contribution in [1.29, 1.82) is 0 Å². The average molecular weight is 343 g/mol. The van der Waals surface area contributed by atoms with Gasteiger partial charge in [0.1, 0.15) is 22.9 Å². The summed E-state index contributed by atoms with van der Waals surface area (Å²) < 4.78 is 16.6. The average Bonchev–Trinajstić information content (AvgIpc) is 3.19. The number of ether oxygens (including phenoxy) is 2. The monoisotopic (exact) mass is 343 g/mol. The molecule has 0 radical (unpaired) electrons. The lowest BCUT2D eigenvalue weighted by Crippen LogP contribution is -1.84. The Bertz CT molecular complexity index is 991. The van der Waals surface area contributed by atoms with E-state index in [9.17, 15) is 0 Å². The molecule has 0 spiro atoms. The van der Waals surface area contributed by atoms with Crippen molar-refractivity contribution in [3.63, 3.8) is 0 Å². The van der Waals surface area contributed by atoms with E-state index in [1.165, 1.54) is 0 Å². The minimum Gasteiger partial charge on any atom is -0.497 e. The molecule has 26 heavy (non-hydrogen) atoms. The van der Waals surface area contributed by atoms with Gasteiger partial charge in [0, 0.05) is 17.2 Å². The van der Waals surface area contributed by atoms with Crippen LogP contribution >= 0.6 is 0 Å². The molecule has 4 heteroatoms. The summed E-state index contributed by atoms with van der Waals surface area (Å²) in [5.74, 6) is 3.04. The number of hydrogen-bond donors (Lipinski definition) is 0. The maximum absolute atomic E-state index is 5.88. The van der Waals surface area contributed by atoms with Crippen molar-refractivity contribution >= 4 is 0 Å². The van der Waals surface area contributed by atoms with Gasteiger partial charge in [0.15, 0.2) is 5.76 Å². The first kappa shape index (κ1) is 16.0. The molecule has 4 aromatic rings. The van der Waals surface area contributed by atoms with Crippen LogP contribution in [0.1, 0.15) is 0 Å². The predicted molar refractivity (Wildman–Crippen MR) is 100 cm³/mol. The molecule has 0 aliphatic heterocycles. The fraction of sp³-hybridized carbons (Fsp3) is 0.0455. The van der Waals surface area contributed by atoms with E-state index in [2.05, 4.69) is 5.16 Å². The molecule has 0 bridgehead atoms. The lowest BCUT2D eigenvalue weighted by atomic mass is 10.1. The van der Waals surface area contributed by atoms with Crippen molar-refractivity contribution in [1.82, 2.24) is 5.16 Å². The third-order valence-corrected chi connectivity index (χ3v) is 3.99. The Morgan fingerprint density at radius 2 is 1.46 bits per heavy atom. The van der Waals surface area contributed by atoms with Crippen LogP contribution < -0.4 is 9.47 Å². The molecule has 0 amide bonds. The second-order valence-electron chi connectivity index (χ2n) is 5.75. The largest absolute Gasteiger partial charge is 0.497 e. The Labute approximate surface area is 151 Å². The van der Waals surface area contributed by atoms with Gasteiger partial charge >= 0.3 is 0 Å². The topological polar surface area (TPSA) is 44.5 Å². The Morgan fingerprint density at radius 1 is 0.692 bits per heavy atom.